The molecule has 0 spiro atoms. The standard InChI is InChI=1S/C17H13F3N2O2S/c18-17(19,20)13-5-1-4-11-14(13)22-9-12(15(11)23)16(24)21-7-6-10-3-2-8-25-10/h1-5,8-9H,6-7H2,(H,21,24)(H,22,23). The van der Waals surface area contributed by atoms with Crippen molar-refractivity contribution in [2.24, 2.45) is 0 Å². The topological polar surface area (TPSA) is 62.0 Å². The van der Waals surface area contributed by atoms with Crippen molar-refractivity contribution in [3.8, 4) is 0 Å². The number of H-pyrrole nitrogens is 1. The summed E-state index contributed by atoms with van der Waals surface area (Å²) < 4.78 is 39.0. The van der Waals surface area contributed by atoms with Crippen LogP contribution >= 0.6 is 11.3 Å². The zero-order valence-electron chi connectivity index (χ0n) is 12.8. The SMILES string of the molecule is O=C(NCCc1cccs1)c1c[nH]c2c(C(F)(F)F)cccc2c1=O. The minimum absolute atomic E-state index is 0.166. The summed E-state index contributed by atoms with van der Waals surface area (Å²) in [7, 11) is 0. The summed E-state index contributed by atoms with van der Waals surface area (Å²) in [6.45, 7) is 0.333. The van der Waals surface area contributed by atoms with Gasteiger partial charge >= 0.3 is 6.18 Å². The minimum Gasteiger partial charge on any atom is -0.360 e. The molecule has 1 aromatic carbocycles. The maximum absolute atomic E-state index is 13.0. The number of hydrogen-bond acceptors (Lipinski definition) is 3. The first-order valence-corrected chi connectivity index (χ1v) is 8.28. The molecule has 0 aliphatic rings. The molecule has 0 fully saturated rings. The number of rotatable bonds is 4. The number of aromatic nitrogens is 1. The Morgan fingerprint density at radius 1 is 1.20 bits per heavy atom. The van der Waals surface area contributed by atoms with Crippen LogP contribution in [0, 0.1) is 0 Å². The average molecular weight is 366 g/mol. The van der Waals surface area contributed by atoms with Crippen molar-refractivity contribution >= 4 is 28.1 Å². The fourth-order valence-corrected chi connectivity index (χ4v) is 3.22. The third kappa shape index (κ3) is 3.58. The molecule has 0 aliphatic heterocycles. The number of aromatic amines is 1. The number of hydrogen-bond donors (Lipinski definition) is 2. The molecule has 1 amide bonds. The van der Waals surface area contributed by atoms with Crippen LogP contribution in [0.4, 0.5) is 13.2 Å². The van der Waals surface area contributed by atoms with Crippen LogP contribution in [0.1, 0.15) is 20.8 Å². The number of nitrogens with one attached hydrogen (secondary N) is 2. The summed E-state index contributed by atoms with van der Waals surface area (Å²) in [5.74, 6) is -0.614. The zero-order chi connectivity index (χ0) is 18.0. The number of pyridine rings is 1. The van der Waals surface area contributed by atoms with Crippen molar-refractivity contribution in [2.75, 3.05) is 6.54 Å². The van der Waals surface area contributed by atoms with Gasteiger partial charge in [0, 0.05) is 23.0 Å². The van der Waals surface area contributed by atoms with Crippen LogP contribution in [0.3, 0.4) is 0 Å². The van der Waals surface area contributed by atoms with Crippen LogP contribution in [0.25, 0.3) is 10.9 Å². The first kappa shape index (κ1) is 17.2. The van der Waals surface area contributed by atoms with Crippen molar-refractivity contribution in [3.63, 3.8) is 0 Å². The number of amides is 1. The maximum atomic E-state index is 13.0. The van der Waals surface area contributed by atoms with E-state index in [-0.39, 0.29) is 16.5 Å². The molecule has 0 saturated carbocycles. The van der Waals surface area contributed by atoms with Crippen molar-refractivity contribution in [3.05, 3.63) is 68.1 Å². The number of halogens is 3. The molecule has 0 atom stereocenters. The molecular weight excluding hydrogens is 353 g/mol. The molecule has 25 heavy (non-hydrogen) atoms. The molecule has 2 N–H and O–H groups in total. The summed E-state index contributed by atoms with van der Waals surface area (Å²) in [6, 6.07) is 7.14. The number of benzene rings is 1. The molecule has 3 aromatic rings. The van der Waals surface area contributed by atoms with Crippen LogP contribution in [-0.2, 0) is 12.6 Å². The van der Waals surface area contributed by atoms with Gasteiger partial charge in [0.1, 0.15) is 5.56 Å². The maximum Gasteiger partial charge on any atom is 0.418 e. The summed E-state index contributed by atoms with van der Waals surface area (Å²) in [4.78, 5) is 28.1. The van der Waals surface area contributed by atoms with Crippen LogP contribution in [0.5, 0.6) is 0 Å². The molecule has 3 rings (SSSR count). The molecule has 2 aromatic heterocycles. The smallest absolute Gasteiger partial charge is 0.360 e. The van der Waals surface area contributed by atoms with E-state index in [1.807, 2.05) is 17.5 Å². The van der Waals surface area contributed by atoms with Gasteiger partial charge in [-0.05, 0) is 30.0 Å². The predicted molar refractivity (Wildman–Crippen MR) is 89.9 cm³/mol. The van der Waals surface area contributed by atoms with E-state index in [2.05, 4.69) is 10.3 Å². The van der Waals surface area contributed by atoms with E-state index in [1.165, 1.54) is 6.07 Å². The second-order valence-electron chi connectivity index (χ2n) is 5.34. The predicted octanol–water partition coefficient (Wildman–Crippen LogP) is 3.58. The Hall–Kier alpha value is -2.61. The highest BCUT2D eigenvalue weighted by molar-refractivity contribution is 7.09. The van der Waals surface area contributed by atoms with Crippen molar-refractivity contribution in [1.29, 1.82) is 0 Å². The number of carbonyl (C=O) groups excluding carboxylic acids is 1. The second-order valence-corrected chi connectivity index (χ2v) is 6.37. The van der Waals surface area contributed by atoms with E-state index in [9.17, 15) is 22.8 Å². The molecule has 0 unspecified atom stereocenters. The van der Waals surface area contributed by atoms with Gasteiger partial charge in [-0.1, -0.05) is 12.1 Å². The highest BCUT2D eigenvalue weighted by atomic mass is 32.1. The first-order valence-electron chi connectivity index (χ1n) is 7.40. The van der Waals surface area contributed by atoms with Crippen molar-refractivity contribution in [1.82, 2.24) is 10.3 Å². The van der Waals surface area contributed by atoms with Gasteiger partial charge in [-0.25, -0.2) is 0 Å². The van der Waals surface area contributed by atoms with E-state index >= 15 is 0 Å². The first-order chi connectivity index (χ1) is 11.9. The molecule has 0 bridgehead atoms. The minimum atomic E-state index is -4.59. The molecule has 8 heteroatoms. The largest absolute Gasteiger partial charge is 0.418 e. The van der Waals surface area contributed by atoms with Gasteiger partial charge in [-0.15, -0.1) is 11.3 Å². The highest BCUT2D eigenvalue weighted by Crippen LogP contribution is 2.32. The number of thiophene rings is 1. The quantitative estimate of drug-likeness (QED) is 0.741. The monoisotopic (exact) mass is 366 g/mol. The van der Waals surface area contributed by atoms with Crippen LogP contribution in [0.15, 0.2) is 46.7 Å². The van der Waals surface area contributed by atoms with Gasteiger partial charge in [0.25, 0.3) is 5.91 Å². The fraction of sp³-hybridized carbons (Fsp3) is 0.176. The van der Waals surface area contributed by atoms with Crippen molar-refractivity contribution in [2.45, 2.75) is 12.6 Å². The summed E-state index contributed by atoms with van der Waals surface area (Å²) in [6.07, 6.45) is -2.94. The third-order valence-corrected chi connectivity index (χ3v) is 4.64. The van der Waals surface area contributed by atoms with Crippen molar-refractivity contribution < 1.29 is 18.0 Å². The molecule has 0 radical (unpaired) electrons. The van der Waals surface area contributed by atoms with E-state index in [1.54, 1.807) is 11.3 Å². The van der Waals surface area contributed by atoms with Gasteiger partial charge in [0.2, 0.25) is 5.43 Å². The number of fused-ring (bicyclic) bond motifs is 1. The Morgan fingerprint density at radius 3 is 2.68 bits per heavy atom. The van der Waals surface area contributed by atoms with E-state index in [4.69, 9.17) is 0 Å². The van der Waals surface area contributed by atoms with Gasteiger partial charge in [-0.3, -0.25) is 9.59 Å². The molecule has 2 heterocycles. The van der Waals surface area contributed by atoms with Gasteiger partial charge in [-0.2, -0.15) is 13.2 Å². The highest BCUT2D eigenvalue weighted by Gasteiger charge is 2.33. The number of alkyl halides is 3. The van der Waals surface area contributed by atoms with Crippen LogP contribution in [-0.4, -0.2) is 17.4 Å². The average Bonchev–Trinajstić information content (AvgIpc) is 3.07. The Balaban J connectivity index is 1.86. The lowest BCUT2D eigenvalue weighted by Crippen LogP contribution is -2.30. The van der Waals surface area contributed by atoms with E-state index in [0.29, 0.717) is 13.0 Å². The Morgan fingerprint density at radius 2 is 2.00 bits per heavy atom. The Kier molecular flexibility index (Phi) is 4.63. The number of para-hydroxylation sites is 1. The number of carbonyl (C=O) groups is 1. The van der Waals surface area contributed by atoms with Gasteiger partial charge in [0.05, 0.1) is 11.1 Å². The van der Waals surface area contributed by atoms with E-state index in [0.717, 1.165) is 23.2 Å². The molecule has 0 aliphatic carbocycles. The summed E-state index contributed by atoms with van der Waals surface area (Å²) >= 11 is 1.55. The summed E-state index contributed by atoms with van der Waals surface area (Å²) in [5, 5.41) is 4.37. The van der Waals surface area contributed by atoms with Gasteiger partial charge in [0.15, 0.2) is 0 Å². The molecule has 130 valence electrons. The Bertz CT molecular complexity index is 962. The normalized spacial score (nSPS) is 11.6. The van der Waals surface area contributed by atoms with Crippen LogP contribution < -0.4 is 10.7 Å². The lowest BCUT2D eigenvalue weighted by atomic mass is 10.1. The Labute approximate surface area is 144 Å². The molecule has 4 nitrogen and oxygen atoms in total. The zero-order valence-corrected chi connectivity index (χ0v) is 13.6. The summed E-state index contributed by atoms with van der Waals surface area (Å²) in [5.41, 5.74) is -2.20. The molecule has 0 saturated heterocycles. The lowest BCUT2D eigenvalue weighted by Gasteiger charge is -2.11. The second kappa shape index (κ2) is 6.72. The molecular formula is C17H13F3N2O2S. The van der Waals surface area contributed by atoms with E-state index < -0.39 is 23.1 Å². The lowest BCUT2D eigenvalue weighted by molar-refractivity contribution is -0.136. The van der Waals surface area contributed by atoms with Crippen LogP contribution in [0.2, 0.25) is 0 Å². The van der Waals surface area contributed by atoms with Gasteiger partial charge < -0.3 is 10.3 Å². The third-order valence-electron chi connectivity index (χ3n) is 3.70. The fourth-order valence-electron chi connectivity index (χ4n) is 2.51.